The van der Waals surface area contributed by atoms with E-state index in [-0.39, 0.29) is 17.5 Å². The van der Waals surface area contributed by atoms with Crippen molar-refractivity contribution in [3.05, 3.63) is 23.8 Å². The van der Waals surface area contributed by atoms with Gasteiger partial charge in [0, 0.05) is 12.0 Å². The van der Waals surface area contributed by atoms with Crippen LogP contribution in [-0.2, 0) is 14.3 Å². The molecular formula is C27H40O3. The summed E-state index contributed by atoms with van der Waals surface area (Å²) in [4.78, 5) is 12.0. The standard InChI is InChI=1S/C27H40O3/c1-18(17-30-25-6-4-5-15-29-25)22-9-10-23-21-8-7-19-16-20(28)11-13-26(19,2)24(21)12-14-27(22,23)3/h11,13,16,18,21-25H,4-10,12,14-15,17H2,1-3H3/t18?,21-,22+,23-,24-,25?,26-,27+/m0/s1. The SMILES string of the molecule is CC(COC1CCCCO1)[C@H]1CC[C@H]2[C@@H]3CCC4=CC(=O)C=C[C@]4(C)[C@H]3CC[C@]12C. The van der Waals surface area contributed by atoms with E-state index in [0.29, 0.717) is 17.3 Å². The molecule has 3 saturated carbocycles. The van der Waals surface area contributed by atoms with Crippen molar-refractivity contribution in [2.75, 3.05) is 13.2 Å². The van der Waals surface area contributed by atoms with Crippen molar-refractivity contribution in [1.82, 2.24) is 0 Å². The third-order valence-electron chi connectivity index (χ3n) is 10.00. The van der Waals surface area contributed by atoms with E-state index in [4.69, 9.17) is 9.47 Å². The quantitative estimate of drug-likeness (QED) is 0.560. The van der Waals surface area contributed by atoms with E-state index >= 15 is 0 Å². The molecule has 0 bridgehead atoms. The highest BCUT2D eigenvalue weighted by atomic mass is 16.7. The third-order valence-corrected chi connectivity index (χ3v) is 10.00. The fourth-order valence-corrected chi connectivity index (χ4v) is 8.39. The van der Waals surface area contributed by atoms with Crippen molar-refractivity contribution >= 4 is 5.78 Å². The summed E-state index contributed by atoms with van der Waals surface area (Å²) >= 11 is 0. The molecule has 4 fully saturated rings. The van der Waals surface area contributed by atoms with Gasteiger partial charge in [0.25, 0.3) is 0 Å². The van der Waals surface area contributed by atoms with Gasteiger partial charge in [0.15, 0.2) is 12.1 Å². The fraction of sp³-hybridized carbons (Fsp3) is 0.815. The van der Waals surface area contributed by atoms with E-state index < -0.39 is 0 Å². The normalized spacial score (nSPS) is 46.6. The zero-order valence-electron chi connectivity index (χ0n) is 19.2. The van der Waals surface area contributed by atoms with E-state index in [1.54, 1.807) is 0 Å². The summed E-state index contributed by atoms with van der Waals surface area (Å²) in [5.74, 6) is 3.91. The molecule has 1 heterocycles. The van der Waals surface area contributed by atoms with Crippen molar-refractivity contribution in [2.45, 2.75) is 84.8 Å². The lowest BCUT2D eigenvalue weighted by Crippen LogP contribution is -2.50. The highest BCUT2D eigenvalue weighted by Gasteiger charge is 2.59. The Labute approximate surface area is 182 Å². The van der Waals surface area contributed by atoms with Crippen LogP contribution in [0.25, 0.3) is 0 Å². The molecule has 3 heteroatoms. The fourth-order valence-electron chi connectivity index (χ4n) is 8.39. The Morgan fingerprint density at radius 1 is 1.13 bits per heavy atom. The van der Waals surface area contributed by atoms with E-state index in [9.17, 15) is 4.79 Å². The predicted octanol–water partition coefficient (Wildman–Crippen LogP) is 6.09. The number of carbonyl (C=O) groups excluding carboxylic acids is 1. The van der Waals surface area contributed by atoms with Gasteiger partial charge in [0.05, 0.1) is 6.61 Å². The number of rotatable bonds is 4. The molecule has 5 rings (SSSR count). The van der Waals surface area contributed by atoms with Gasteiger partial charge in [0.2, 0.25) is 0 Å². The molecule has 166 valence electrons. The first-order valence-corrected chi connectivity index (χ1v) is 12.6. The highest BCUT2D eigenvalue weighted by molar-refractivity contribution is 6.01. The van der Waals surface area contributed by atoms with Gasteiger partial charge in [-0.05, 0) is 105 Å². The van der Waals surface area contributed by atoms with Crippen LogP contribution in [0.2, 0.25) is 0 Å². The monoisotopic (exact) mass is 412 g/mol. The lowest BCUT2D eigenvalue weighted by atomic mass is 9.47. The summed E-state index contributed by atoms with van der Waals surface area (Å²) in [6.45, 7) is 9.15. The van der Waals surface area contributed by atoms with Gasteiger partial charge in [0.1, 0.15) is 0 Å². The molecule has 2 unspecified atom stereocenters. The van der Waals surface area contributed by atoms with Crippen LogP contribution in [0, 0.1) is 40.4 Å². The number of allylic oxidation sites excluding steroid dienone is 4. The minimum absolute atomic E-state index is 0.0336. The molecule has 0 aromatic rings. The molecule has 30 heavy (non-hydrogen) atoms. The van der Waals surface area contributed by atoms with Crippen molar-refractivity contribution in [3.8, 4) is 0 Å². The second kappa shape index (κ2) is 7.89. The summed E-state index contributed by atoms with van der Waals surface area (Å²) < 4.78 is 12.0. The summed E-state index contributed by atoms with van der Waals surface area (Å²) in [7, 11) is 0. The molecule has 0 N–H and O–H groups in total. The molecule has 8 atom stereocenters. The first-order chi connectivity index (χ1) is 14.4. The van der Waals surface area contributed by atoms with Crippen LogP contribution >= 0.6 is 0 Å². The van der Waals surface area contributed by atoms with Gasteiger partial charge in [-0.1, -0.05) is 32.4 Å². The second-order valence-corrected chi connectivity index (χ2v) is 11.4. The maximum atomic E-state index is 12.0. The number of hydrogen-bond acceptors (Lipinski definition) is 3. The first kappa shape index (κ1) is 20.9. The van der Waals surface area contributed by atoms with Crippen molar-refractivity contribution in [1.29, 1.82) is 0 Å². The molecule has 0 spiro atoms. The van der Waals surface area contributed by atoms with E-state index in [2.05, 4.69) is 26.8 Å². The highest BCUT2D eigenvalue weighted by Crippen LogP contribution is 2.66. The molecule has 0 aromatic heterocycles. The molecule has 3 nitrogen and oxygen atoms in total. The van der Waals surface area contributed by atoms with Crippen molar-refractivity contribution < 1.29 is 14.3 Å². The van der Waals surface area contributed by atoms with Gasteiger partial charge < -0.3 is 9.47 Å². The Morgan fingerprint density at radius 2 is 2.00 bits per heavy atom. The number of ketones is 1. The molecule has 0 aromatic carbocycles. The Hall–Kier alpha value is -0.930. The topological polar surface area (TPSA) is 35.5 Å². The minimum atomic E-state index is 0.0336. The predicted molar refractivity (Wildman–Crippen MR) is 119 cm³/mol. The average Bonchev–Trinajstić information content (AvgIpc) is 3.10. The van der Waals surface area contributed by atoms with Gasteiger partial charge in [-0.25, -0.2) is 0 Å². The van der Waals surface area contributed by atoms with Crippen LogP contribution in [0.3, 0.4) is 0 Å². The second-order valence-electron chi connectivity index (χ2n) is 11.4. The maximum Gasteiger partial charge on any atom is 0.178 e. The Kier molecular flexibility index (Phi) is 5.51. The molecule has 5 aliphatic rings. The molecule has 4 aliphatic carbocycles. The zero-order valence-corrected chi connectivity index (χ0v) is 19.2. The maximum absolute atomic E-state index is 12.0. The molecular weight excluding hydrogens is 372 g/mol. The van der Waals surface area contributed by atoms with Gasteiger partial charge in [-0.15, -0.1) is 0 Å². The molecule has 1 saturated heterocycles. The molecule has 0 amide bonds. The van der Waals surface area contributed by atoms with Crippen LogP contribution in [0.4, 0.5) is 0 Å². The van der Waals surface area contributed by atoms with Gasteiger partial charge in [-0.2, -0.15) is 0 Å². The van der Waals surface area contributed by atoms with Crippen LogP contribution < -0.4 is 0 Å². The van der Waals surface area contributed by atoms with E-state index in [0.717, 1.165) is 43.8 Å². The summed E-state index contributed by atoms with van der Waals surface area (Å²) in [6.07, 6.45) is 17.3. The van der Waals surface area contributed by atoms with Crippen molar-refractivity contribution in [2.24, 2.45) is 40.4 Å². The van der Waals surface area contributed by atoms with Crippen LogP contribution in [-0.4, -0.2) is 25.3 Å². The minimum Gasteiger partial charge on any atom is -0.353 e. The first-order valence-electron chi connectivity index (χ1n) is 12.6. The number of fused-ring (bicyclic) bond motifs is 5. The largest absolute Gasteiger partial charge is 0.353 e. The summed E-state index contributed by atoms with van der Waals surface area (Å²) in [5, 5.41) is 0. The zero-order chi connectivity index (χ0) is 20.9. The average molecular weight is 413 g/mol. The Morgan fingerprint density at radius 3 is 2.80 bits per heavy atom. The Balaban J connectivity index is 1.29. The van der Waals surface area contributed by atoms with Gasteiger partial charge in [-0.3, -0.25) is 4.79 Å². The van der Waals surface area contributed by atoms with Crippen LogP contribution in [0.1, 0.15) is 78.6 Å². The number of carbonyl (C=O) groups is 1. The number of ether oxygens (including phenoxy) is 2. The smallest absolute Gasteiger partial charge is 0.178 e. The molecule has 0 radical (unpaired) electrons. The van der Waals surface area contributed by atoms with E-state index in [1.807, 2.05) is 12.2 Å². The third kappa shape index (κ3) is 3.35. The summed E-state index contributed by atoms with van der Waals surface area (Å²) in [6, 6.07) is 0. The lowest BCUT2D eigenvalue weighted by molar-refractivity contribution is -0.174. The van der Waals surface area contributed by atoms with E-state index in [1.165, 1.54) is 50.5 Å². The summed E-state index contributed by atoms with van der Waals surface area (Å²) in [5.41, 5.74) is 1.97. The van der Waals surface area contributed by atoms with Crippen LogP contribution in [0.15, 0.2) is 23.8 Å². The van der Waals surface area contributed by atoms with Gasteiger partial charge >= 0.3 is 0 Å². The van der Waals surface area contributed by atoms with Crippen molar-refractivity contribution in [3.63, 3.8) is 0 Å². The molecule has 1 aliphatic heterocycles. The Bertz CT molecular complexity index is 732. The van der Waals surface area contributed by atoms with Crippen LogP contribution in [0.5, 0.6) is 0 Å². The lowest BCUT2D eigenvalue weighted by Gasteiger charge is -2.57. The number of hydrogen-bond donors (Lipinski definition) is 0.